The van der Waals surface area contributed by atoms with E-state index in [-0.39, 0.29) is 17.7 Å². The maximum absolute atomic E-state index is 11.7. The van der Waals surface area contributed by atoms with Crippen LogP contribution in [0.5, 0.6) is 0 Å². The number of nitrogens with zero attached hydrogens (tertiary/aromatic N) is 2. The number of anilines is 1. The van der Waals surface area contributed by atoms with Crippen molar-refractivity contribution in [2.45, 2.75) is 37.8 Å². The fourth-order valence-electron chi connectivity index (χ4n) is 2.09. The highest BCUT2D eigenvalue weighted by Crippen LogP contribution is 2.24. The fraction of sp³-hybridized carbons (Fsp3) is 0.636. The van der Waals surface area contributed by atoms with E-state index in [0.29, 0.717) is 10.2 Å². The lowest BCUT2D eigenvalue weighted by molar-refractivity contribution is 0.116. The van der Waals surface area contributed by atoms with Gasteiger partial charge in [-0.2, -0.15) is 5.10 Å². The molecule has 94 valence electrons. The third-order valence-corrected chi connectivity index (χ3v) is 3.91. The van der Waals surface area contributed by atoms with Crippen molar-refractivity contribution in [3.8, 4) is 0 Å². The molecule has 0 amide bonds. The van der Waals surface area contributed by atoms with Crippen LogP contribution in [0.3, 0.4) is 0 Å². The summed E-state index contributed by atoms with van der Waals surface area (Å²) in [5.41, 5.74) is 0.472. The van der Waals surface area contributed by atoms with Crippen LogP contribution >= 0.6 is 15.9 Å². The lowest BCUT2D eigenvalue weighted by Gasteiger charge is -2.29. The monoisotopic (exact) mass is 301 g/mol. The number of halogens is 1. The number of aromatic nitrogens is 2. The standard InChI is InChI=1S/C11H16BrN3O2/c1-15-11(17)10(12)8(6-13-15)14-7-4-2-3-5-9(7)16/h6-7,9,14,16H,2-5H2,1H3. The number of aliphatic hydroxyl groups excluding tert-OH is 1. The second-order valence-corrected chi connectivity index (χ2v) is 5.20. The highest BCUT2D eigenvalue weighted by Gasteiger charge is 2.23. The predicted octanol–water partition coefficient (Wildman–Crippen LogP) is 1.26. The molecule has 0 saturated heterocycles. The molecule has 6 heteroatoms. The van der Waals surface area contributed by atoms with Gasteiger partial charge in [0.1, 0.15) is 4.47 Å². The highest BCUT2D eigenvalue weighted by molar-refractivity contribution is 9.10. The maximum atomic E-state index is 11.7. The molecule has 2 unspecified atom stereocenters. The number of aliphatic hydroxyl groups is 1. The first-order valence-corrected chi connectivity index (χ1v) is 6.55. The van der Waals surface area contributed by atoms with Crippen LogP contribution in [0.15, 0.2) is 15.5 Å². The van der Waals surface area contributed by atoms with Gasteiger partial charge < -0.3 is 10.4 Å². The summed E-state index contributed by atoms with van der Waals surface area (Å²) in [6, 6.07) is 0.00829. The van der Waals surface area contributed by atoms with E-state index in [1.807, 2.05) is 0 Å². The Morgan fingerprint density at radius 1 is 1.53 bits per heavy atom. The third-order valence-electron chi connectivity index (χ3n) is 3.15. The van der Waals surface area contributed by atoms with Crippen LogP contribution in [0.2, 0.25) is 0 Å². The van der Waals surface area contributed by atoms with Crippen molar-refractivity contribution in [2.75, 3.05) is 5.32 Å². The number of nitrogens with one attached hydrogen (secondary N) is 1. The minimum Gasteiger partial charge on any atom is -0.391 e. The molecule has 0 spiro atoms. The number of hydrogen-bond donors (Lipinski definition) is 2. The summed E-state index contributed by atoms with van der Waals surface area (Å²) in [5, 5.41) is 17.0. The van der Waals surface area contributed by atoms with Crippen molar-refractivity contribution in [2.24, 2.45) is 7.05 Å². The summed E-state index contributed by atoms with van der Waals surface area (Å²) >= 11 is 3.26. The largest absolute Gasteiger partial charge is 0.391 e. The van der Waals surface area contributed by atoms with Crippen molar-refractivity contribution < 1.29 is 5.11 Å². The molecule has 0 aliphatic heterocycles. The Labute approximate surface area is 108 Å². The molecule has 0 bridgehead atoms. The number of rotatable bonds is 2. The third kappa shape index (κ3) is 2.69. The van der Waals surface area contributed by atoms with Gasteiger partial charge in [-0.3, -0.25) is 4.79 Å². The molecule has 1 fully saturated rings. The van der Waals surface area contributed by atoms with Crippen molar-refractivity contribution >= 4 is 21.6 Å². The van der Waals surface area contributed by atoms with E-state index in [1.54, 1.807) is 13.2 Å². The maximum Gasteiger partial charge on any atom is 0.282 e. The van der Waals surface area contributed by atoms with E-state index >= 15 is 0 Å². The second kappa shape index (κ2) is 5.18. The zero-order valence-corrected chi connectivity index (χ0v) is 11.3. The molecule has 2 N–H and O–H groups in total. The zero-order valence-electron chi connectivity index (χ0n) is 9.69. The average molecular weight is 302 g/mol. The van der Waals surface area contributed by atoms with Crippen molar-refractivity contribution in [3.05, 3.63) is 21.0 Å². The van der Waals surface area contributed by atoms with E-state index in [9.17, 15) is 9.90 Å². The summed E-state index contributed by atoms with van der Waals surface area (Å²) in [6.45, 7) is 0. The quantitative estimate of drug-likeness (QED) is 0.863. The Morgan fingerprint density at radius 2 is 2.24 bits per heavy atom. The summed E-state index contributed by atoms with van der Waals surface area (Å²) in [5.74, 6) is 0. The molecule has 0 radical (unpaired) electrons. The molecule has 1 aliphatic carbocycles. The van der Waals surface area contributed by atoms with Crippen LogP contribution in [-0.4, -0.2) is 27.0 Å². The Morgan fingerprint density at radius 3 is 2.94 bits per heavy atom. The summed E-state index contributed by atoms with van der Waals surface area (Å²) in [7, 11) is 1.60. The summed E-state index contributed by atoms with van der Waals surface area (Å²) in [6.07, 6.45) is 5.16. The Kier molecular flexibility index (Phi) is 3.83. The highest BCUT2D eigenvalue weighted by atomic mass is 79.9. The molecule has 1 aliphatic rings. The van der Waals surface area contributed by atoms with Crippen LogP contribution in [-0.2, 0) is 7.05 Å². The van der Waals surface area contributed by atoms with Gasteiger partial charge in [0, 0.05) is 7.05 Å². The van der Waals surface area contributed by atoms with Crippen LogP contribution < -0.4 is 10.9 Å². The van der Waals surface area contributed by atoms with Gasteiger partial charge in [-0.15, -0.1) is 0 Å². The molecule has 0 aromatic carbocycles. The normalized spacial score (nSPS) is 24.6. The molecular weight excluding hydrogens is 286 g/mol. The molecule has 1 heterocycles. The Hall–Kier alpha value is -0.880. The van der Waals surface area contributed by atoms with Gasteiger partial charge in [0.05, 0.1) is 24.0 Å². The average Bonchev–Trinajstić information content (AvgIpc) is 2.32. The first-order valence-electron chi connectivity index (χ1n) is 5.76. The first-order chi connectivity index (χ1) is 8.09. The van der Waals surface area contributed by atoms with Gasteiger partial charge in [-0.05, 0) is 28.8 Å². The van der Waals surface area contributed by atoms with E-state index in [4.69, 9.17) is 0 Å². The van der Waals surface area contributed by atoms with Crippen LogP contribution in [0.25, 0.3) is 0 Å². The first kappa shape index (κ1) is 12.6. The van der Waals surface area contributed by atoms with Gasteiger partial charge in [0.15, 0.2) is 0 Å². The van der Waals surface area contributed by atoms with Gasteiger partial charge in [-0.1, -0.05) is 12.8 Å². The van der Waals surface area contributed by atoms with Crippen molar-refractivity contribution in [3.63, 3.8) is 0 Å². The summed E-state index contributed by atoms with van der Waals surface area (Å²) < 4.78 is 1.74. The molecule has 1 aromatic heterocycles. The van der Waals surface area contributed by atoms with E-state index in [1.165, 1.54) is 4.68 Å². The predicted molar refractivity (Wildman–Crippen MR) is 69.1 cm³/mol. The molecule has 2 rings (SSSR count). The van der Waals surface area contributed by atoms with E-state index in [2.05, 4.69) is 26.3 Å². The smallest absolute Gasteiger partial charge is 0.282 e. The molecule has 2 atom stereocenters. The molecule has 5 nitrogen and oxygen atoms in total. The van der Waals surface area contributed by atoms with Crippen LogP contribution in [0, 0.1) is 0 Å². The Bertz CT molecular complexity index is 461. The SMILES string of the molecule is Cn1ncc(NC2CCCCC2O)c(Br)c1=O. The zero-order chi connectivity index (χ0) is 12.4. The second-order valence-electron chi connectivity index (χ2n) is 4.40. The van der Waals surface area contributed by atoms with Crippen molar-refractivity contribution in [1.29, 1.82) is 0 Å². The topological polar surface area (TPSA) is 67.2 Å². The van der Waals surface area contributed by atoms with E-state index in [0.717, 1.165) is 25.7 Å². The molecule has 1 saturated carbocycles. The van der Waals surface area contributed by atoms with Gasteiger partial charge >= 0.3 is 0 Å². The van der Waals surface area contributed by atoms with Gasteiger partial charge in [0.2, 0.25) is 0 Å². The molecular formula is C11H16BrN3O2. The van der Waals surface area contributed by atoms with Crippen LogP contribution in [0.4, 0.5) is 5.69 Å². The summed E-state index contributed by atoms with van der Waals surface area (Å²) in [4.78, 5) is 11.7. The Balaban J connectivity index is 2.18. The molecule has 17 heavy (non-hydrogen) atoms. The fourth-order valence-corrected chi connectivity index (χ4v) is 2.56. The lowest BCUT2D eigenvalue weighted by Crippen LogP contribution is -2.37. The molecule has 1 aromatic rings. The minimum atomic E-state index is -0.347. The minimum absolute atomic E-state index is 0.00829. The number of hydrogen-bond acceptors (Lipinski definition) is 4. The van der Waals surface area contributed by atoms with Gasteiger partial charge in [0.25, 0.3) is 5.56 Å². The van der Waals surface area contributed by atoms with E-state index < -0.39 is 0 Å². The van der Waals surface area contributed by atoms with Gasteiger partial charge in [-0.25, -0.2) is 4.68 Å². The lowest BCUT2D eigenvalue weighted by atomic mass is 9.92. The van der Waals surface area contributed by atoms with Crippen molar-refractivity contribution in [1.82, 2.24) is 9.78 Å². The van der Waals surface area contributed by atoms with Crippen LogP contribution in [0.1, 0.15) is 25.7 Å². The number of aryl methyl sites for hydroxylation is 1.